The number of rotatable bonds is 5. The first-order chi connectivity index (χ1) is 9.17. The van der Waals surface area contributed by atoms with E-state index < -0.39 is 0 Å². The molecule has 1 saturated carbocycles. The molecule has 1 aliphatic carbocycles. The summed E-state index contributed by atoms with van der Waals surface area (Å²) in [6.45, 7) is 5.85. The predicted molar refractivity (Wildman–Crippen MR) is 82.6 cm³/mol. The van der Waals surface area contributed by atoms with E-state index in [0.717, 1.165) is 12.6 Å². The second-order valence-corrected chi connectivity index (χ2v) is 6.39. The minimum absolute atomic E-state index is 0.225. The van der Waals surface area contributed by atoms with Gasteiger partial charge in [0.1, 0.15) is 0 Å². The number of fused-ring (bicyclic) bond motifs is 1. The van der Waals surface area contributed by atoms with E-state index in [0.29, 0.717) is 0 Å². The number of nitrogens with one attached hydrogen (secondary N) is 1. The highest BCUT2D eigenvalue weighted by molar-refractivity contribution is 5.86. The molecule has 0 saturated heterocycles. The van der Waals surface area contributed by atoms with Crippen LogP contribution in [0.4, 0.5) is 0 Å². The van der Waals surface area contributed by atoms with E-state index in [9.17, 15) is 0 Å². The van der Waals surface area contributed by atoms with Gasteiger partial charge in [-0.1, -0.05) is 56.3 Å². The van der Waals surface area contributed by atoms with Crippen molar-refractivity contribution < 1.29 is 0 Å². The van der Waals surface area contributed by atoms with Crippen LogP contribution < -0.4 is 5.32 Å². The Hall–Kier alpha value is -1.34. The minimum atomic E-state index is 0.225. The molecule has 0 radical (unpaired) electrons. The van der Waals surface area contributed by atoms with Crippen LogP contribution in [0.3, 0.4) is 0 Å². The maximum atomic E-state index is 3.63. The van der Waals surface area contributed by atoms with Gasteiger partial charge in [-0.2, -0.15) is 0 Å². The molecule has 0 aromatic heterocycles. The number of hydrogen-bond donors (Lipinski definition) is 1. The normalized spacial score (nSPS) is 15.9. The van der Waals surface area contributed by atoms with E-state index in [1.54, 1.807) is 0 Å². The van der Waals surface area contributed by atoms with Crippen LogP contribution >= 0.6 is 0 Å². The minimum Gasteiger partial charge on any atom is -0.314 e. The van der Waals surface area contributed by atoms with E-state index >= 15 is 0 Å². The van der Waals surface area contributed by atoms with Crippen molar-refractivity contribution in [2.24, 2.45) is 0 Å². The summed E-state index contributed by atoms with van der Waals surface area (Å²) in [6.07, 6.45) is 3.93. The third kappa shape index (κ3) is 2.82. The maximum absolute atomic E-state index is 3.63. The first kappa shape index (κ1) is 12.7. The zero-order valence-corrected chi connectivity index (χ0v) is 11.9. The zero-order chi connectivity index (χ0) is 13.3. The molecule has 100 valence electrons. The Morgan fingerprint density at radius 2 is 1.79 bits per heavy atom. The van der Waals surface area contributed by atoms with Crippen molar-refractivity contribution >= 4 is 10.8 Å². The highest BCUT2D eigenvalue weighted by Gasteiger charge is 2.25. The molecule has 1 fully saturated rings. The average molecular weight is 253 g/mol. The molecule has 1 aliphatic rings. The molecule has 0 spiro atoms. The molecule has 1 N–H and O–H groups in total. The zero-order valence-electron chi connectivity index (χ0n) is 11.9. The first-order valence-electron chi connectivity index (χ1n) is 7.38. The molecule has 1 nitrogen and oxygen atoms in total. The summed E-state index contributed by atoms with van der Waals surface area (Å²) >= 11 is 0. The second kappa shape index (κ2) is 4.97. The predicted octanol–water partition coefficient (Wildman–Crippen LogP) is 4.26. The lowest BCUT2D eigenvalue weighted by Gasteiger charge is -2.27. The van der Waals surface area contributed by atoms with Crippen molar-refractivity contribution in [3.63, 3.8) is 0 Å². The van der Waals surface area contributed by atoms with Gasteiger partial charge in [0.25, 0.3) is 0 Å². The Morgan fingerprint density at radius 1 is 1.05 bits per heavy atom. The number of hydrogen-bond acceptors (Lipinski definition) is 1. The smallest absolute Gasteiger partial charge is 0.00682 e. The molecule has 0 bridgehead atoms. The van der Waals surface area contributed by atoms with E-state index in [-0.39, 0.29) is 5.41 Å². The lowest BCUT2D eigenvalue weighted by atomic mass is 9.79. The van der Waals surface area contributed by atoms with Crippen LogP contribution in [0.1, 0.15) is 38.7 Å². The van der Waals surface area contributed by atoms with Crippen molar-refractivity contribution in [2.75, 3.05) is 6.54 Å². The van der Waals surface area contributed by atoms with Crippen molar-refractivity contribution in [3.05, 3.63) is 48.0 Å². The van der Waals surface area contributed by atoms with E-state index in [4.69, 9.17) is 0 Å². The van der Waals surface area contributed by atoms with E-state index in [1.807, 2.05) is 0 Å². The Bertz CT molecular complexity index is 561. The SMILES string of the molecule is CC(C)(CCNC1CC1)c1cccc2ccccc12. The molecular formula is C18H23N. The van der Waals surface area contributed by atoms with Crippen LogP contribution in [0.25, 0.3) is 10.8 Å². The Kier molecular flexibility index (Phi) is 3.32. The summed E-state index contributed by atoms with van der Waals surface area (Å²) in [4.78, 5) is 0. The second-order valence-electron chi connectivity index (χ2n) is 6.39. The van der Waals surface area contributed by atoms with Crippen LogP contribution in [0.5, 0.6) is 0 Å². The first-order valence-corrected chi connectivity index (χ1v) is 7.38. The summed E-state index contributed by atoms with van der Waals surface area (Å²) in [5, 5.41) is 6.38. The lowest BCUT2D eigenvalue weighted by Crippen LogP contribution is -2.26. The van der Waals surface area contributed by atoms with E-state index in [2.05, 4.69) is 61.6 Å². The summed E-state index contributed by atoms with van der Waals surface area (Å²) in [5.74, 6) is 0. The third-order valence-corrected chi connectivity index (χ3v) is 4.28. The van der Waals surface area contributed by atoms with Gasteiger partial charge in [-0.25, -0.2) is 0 Å². The molecule has 1 heteroatoms. The average Bonchev–Trinajstić information content (AvgIpc) is 3.22. The standard InChI is InChI=1S/C18H23N/c1-18(2,12-13-19-15-10-11-15)17-9-5-7-14-6-3-4-8-16(14)17/h3-9,15,19H,10-13H2,1-2H3. The molecule has 0 aliphatic heterocycles. The molecule has 19 heavy (non-hydrogen) atoms. The Balaban J connectivity index is 1.84. The van der Waals surface area contributed by atoms with Gasteiger partial charge >= 0.3 is 0 Å². The monoisotopic (exact) mass is 253 g/mol. The van der Waals surface area contributed by atoms with Gasteiger partial charge in [-0.15, -0.1) is 0 Å². The fraction of sp³-hybridized carbons (Fsp3) is 0.444. The van der Waals surface area contributed by atoms with Gasteiger partial charge in [-0.3, -0.25) is 0 Å². The van der Waals surface area contributed by atoms with Crippen LogP contribution in [-0.2, 0) is 5.41 Å². The molecule has 0 unspecified atom stereocenters. The quantitative estimate of drug-likeness (QED) is 0.839. The summed E-state index contributed by atoms with van der Waals surface area (Å²) < 4.78 is 0. The summed E-state index contributed by atoms with van der Waals surface area (Å²) in [6, 6.07) is 16.2. The number of benzene rings is 2. The maximum Gasteiger partial charge on any atom is 0.00682 e. The summed E-state index contributed by atoms with van der Waals surface area (Å²) in [5.41, 5.74) is 1.70. The summed E-state index contributed by atoms with van der Waals surface area (Å²) in [7, 11) is 0. The van der Waals surface area contributed by atoms with Gasteiger partial charge in [-0.05, 0) is 47.6 Å². The highest BCUT2D eigenvalue weighted by Crippen LogP contribution is 2.33. The van der Waals surface area contributed by atoms with Crippen LogP contribution in [-0.4, -0.2) is 12.6 Å². The third-order valence-electron chi connectivity index (χ3n) is 4.28. The van der Waals surface area contributed by atoms with Gasteiger partial charge in [0.15, 0.2) is 0 Å². The Labute approximate surface area is 116 Å². The van der Waals surface area contributed by atoms with Crippen LogP contribution in [0.15, 0.2) is 42.5 Å². The van der Waals surface area contributed by atoms with Gasteiger partial charge in [0, 0.05) is 6.04 Å². The fourth-order valence-corrected chi connectivity index (χ4v) is 2.83. The van der Waals surface area contributed by atoms with Gasteiger partial charge in [0.2, 0.25) is 0 Å². The molecule has 2 aromatic carbocycles. The van der Waals surface area contributed by atoms with Crippen LogP contribution in [0.2, 0.25) is 0 Å². The van der Waals surface area contributed by atoms with Crippen molar-refractivity contribution in [1.82, 2.24) is 5.32 Å². The van der Waals surface area contributed by atoms with Crippen molar-refractivity contribution in [1.29, 1.82) is 0 Å². The lowest BCUT2D eigenvalue weighted by molar-refractivity contribution is 0.459. The van der Waals surface area contributed by atoms with Crippen LogP contribution in [0, 0.1) is 0 Å². The molecule has 2 aromatic rings. The molecular weight excluding hydrogens is 230 g/mol. The Morgan fingerprint density at radius 3 is 2.58 bits per heavy atom. The van der Waals surface area contributed by atoms with Crippen molar-refractivity contribution in [3.8, 4) is 0 Å². The molecule has 0 heterocycles. The molecule has 3 rings (SSSR count). The van der Waals surface area contributed by atoms with Crippen molar-refractivity contribution in [2.45, 2.75) is 44.6 Å². The molecule has 0 atom stereocenters. The topological polar surface area (TPSA) is 12.0 Å². The highest BCUT2D eigenvalue weighted by atomic mass is 14.9. The largest absolute Gasteiger partial charge is 0.314 e. The molecule has 0 amide bonds. The van der Waals surface area contributed by atoms with E-state index in [1.165, 1.54) is 35.6 Å². The van der Waals surface area contributed by atoms with Gasteiger partial charge in [0.05, 0.1) is 0 Å². The fourth-order valence-electron chi connectivity index (χ4n) is 2.83. The van der Waals surface area contributed by atoms with Gasteiger partial charge < -0.3 is 5.32 Å².